The molecular weight excluding hydrogens is 280 g/mol. The van der Waals surface area contributed by atoms with Gasteiger partial charge < -0.3 is 9.84 Å². The van der Waals surface area contributed by atoms with Crippen LogP contribution >= 0.6 is 0 Å². The van der Waals surface area contributed by atoms with Gasteiger partial charge in [0.1, 0.15) is 0 Å². The van der Waals surface area contributed by atoms with E-state index in [2.05, 4.69) is 4.72 Å². The Morgan fingerprint density at radius 3 is 2.68 bits per heavy atom. The monoisotopic (exact) mass is 293 g/mol. The van der Waals surface area contributed by atoms with Crippen LogP contribution in [0, 0.1) is 11.6 Å². The van der Waals surface area contributed by atoms with E-state index in [-0.39, 0.29) is 11.5 Å². The van der Waals surface area contributed by atoms with Crippen molar-refractivity contribution < 1.29 is 27.0 Å². The van der Waals surface area contributed by atoms with Gasteiger partial charge in [-0.3, -0.25) is 0 Å². The van der Waals surface area contributed by atoms with Gasteiger partial charge in [-0.05, 0) is 24.6 Å². The van der Waals surface area contributed by atoms with Crippen molar-refractivity contribution >= 4 is 10.0 Å². The summed E-state index contributed by atoms with van der Waals surface area (Å²) >= 11 is 0. The number of aliphatic hydroxyl groups is 1. The fourth-order valence-corrected chi connectivity index (χ4v) is 3.09. The van der Waals surface area contributed by atoms with Crippen LogP contribution in [0.5, 0.6) is 0 Å². The van der Waals surface area contributed by atoms with Gasteiger partial charge in [0, 0.05) is 6.61 Å². The van der Waals surface area contributed by atoms with E-state index in [9.17, 15) is 22.3 Å². The first-order valence-corrected chi connectivity index (χ1v) is 7.11. The van der Waals surface area contributed by atoms with Crippen molar-refractivity contribution in [3.05, 3.63) is 29.8 Å². The Balaban J connectivity index is 2.19. The Morgan fingerprint density at radius 2 is 2.05 bits per heavy atom. The highest BCUT2D eigenvalue weighted by atomic mass is 32.2. The highest BCUT2D eigenvalue weighted by Crippen LogP contribution is 2.16. The number of halogens is 2. The lowest BCUT2D eigenvalue weighted by molar-refractivity contribution is -0.0222. The summed E-state index contributed by atoms with van der Waals surface area (Å²) in [6.45, 7) is 0.354. The Bertz CT molecular complexity index is 564. The largest absolute Gasteiger partial charge is 0.389 e. The van der Waals surface area contributed by atoms with Gasteiger partial charge in [-0.2, -0.15) is 0 Å². The number of sulfonamides is 1. The summed E-state index contributed by atoms with van der Waals surface area (Å²) in [6, 6.07) is 1.60. The highest BCUT2D eigenvalue weighted by Gasteiger charge is 2.29. The van der Waals surface area contributed by atoms with E-state index in [4.69, 9.17) is 4.74 Å². The van der Waals surface area contributed by atoms with Crippen molar-refractivity contribution in [1.82, 2.24) is 4.72 Å². The molecule has 0 unspecified atom stereocenters. The van der Waals surface area contributed by atoms with Crippen LogP contribution in [0.2, 0.25) is 0 Å². The molecule has 5 nitrogen and oxygen atoms in total. The summed E-state index contributed by atoms with van der Waals surface area (Å²) in [5.74, 6) is -2.36. The first-order valence-electron chi connectivity index (χ1n) is 5.63. The summed E-state index contributed by atoms with van der Waals surface area (Å²) in [7, 11) is -4.00. The summed E-state index contributed by atoms with van der Waals surface area (Å²) in [5.41, 5.74) is 0. The molecule has 19 heavy (non-hydrogen) atoms. The van der Waals surface area contributed by atoms with Crippen molar-refractivity contribution in [2.24, 2.45) is 0 Å². The van der Waals surface area contributed by atoms with Gasteiger partial charge in [0.2, 0.25) is 10.0 Å². The Morgan fingerprint density at radius 1 is 1.32 bits per heavy atom. The number of benzene rings is 1. The van der Waals surface area contributed by atoms with E-state index in [1.807, 2.05) is 0 Å². The number of nitrogens with one attached hydrogen (secondary N) is 1. The van der Waals surface area contributed by atoms with Gasteiger partial charge in [0.25, 0.3) is 0 Å². The van der Waals surface area contributed by atoms with Gasteiger partial charge in [-0.1, -0.05) is 0 Å². The molecule has 0 radical (unpaired) electrons. The second kappa shape index (κ2) is 5.49. The number of hydrogen-bond donors (Lipinski definition) is 2. The van der Waals surface area contributed by atoms with E-state index in [1.165, 1.54) is 0 Å². The molecule has 1 aliphatic rings. The lowest BCUT2D eigenvalue weighted by Crippen LogP contribution is -2.48. The molecule has 1 aromatic rings. The van der Waals surface area contributed by atoms with E-state index in [0.717, 1.165) is 12.1 Å². The first kappa shape index (κ1) is 14.3. The van der Waals surface area contributed by atoms with Gasteiger partial charge in [0.05, 0.1) is 23.6 Å². The average Bonchev–Trinajstić information content (AvgIpc) is 2.35. The average molecular weight is 293 g/mol. The minimum atomic E-state index is -4.00. The summed E-state index contributed by atoms with van der Waals surface area (Å²) in [5, 5.41) is 9.59. The lowest BCUT2D eigenvalue weighted by Gasteiger charge is -2.28. The van der Waals surface area contributed by atoms with Crippen LogP contribution in [-0.4, -0.2) is 38.9 Å². The van der Waals surface area contributed by atoms with Crippen molar-refractivity contribution in [2.45, 2.75) is 23.5 Å². The van der Waals surface area contributed by atoms with Crippen molar-refractivity contribution in [2.75, 3.05) is 13.2 Å². The van der Waals surface area contributed by atoms with Crippen LogP contribution in [0.3, 0.4) is 0 Å². The van der Waals surface area contributed by atoms with Gasteiger partial charge in [-0.25, -0.2) is 21.9 Å². The fourth-order valence-electron chi connectivity index (χ4n) is 1.77. The van der Waals surface area contributed by atoms with Crippen molar-refractivity contribution in [1.29, 1.82) is 0 Å². The lowest BCUT2D eigenvalue weighted by atomic mass is 10.1. The normalized spacial score (nSPS) is 24.4. The molecule has 0 spiro atoms. The standard InChI is InChI=1S/C11H13F2NO4S/c12-8-2-1-7(5-9(8)13)19(16,17)14-10-3-4-18-6-11(10)15/h1-2,5,10-11,14-15H,3-4,6H2/t10-,11-/m1/s1. The third-order valence-corrected chi connectivity index (χ3v) is 4.32. The predicted molar refractivity (Wildman–Crippen MR) is 61.9 cm³/mol. The summed E-state index contributed by atoms with van der Waals surface area (Å²) < 4.78 is 56.9. The molecule has 1 fully saturated rings. The van der Waals surface area contributed by atoms with Crippen LogP contribution in [0.1, 0.15) is 6.42 Å². The van der Waals surface area contributed by atoms with Crippen LogP contribution in [0.4, 0.5) is 8.78 Å². The zero-order valence-corrected chi connectivity index (χ0v) is 10.7. The maximum Gasteiger partial charge on any atom is 0.241 e. The maximum atomic E-state index is 13.0. The molecule has 2 N–H and O–H groups in total. The smallest absolute Gasteiger partial charge is 0.241 e. The van der Waals surface area contributed by atoms with E-state index in [0.29, 0.717) is 19.1 Å². The third kappa shape index (κ3) is 3.27. The second-order valence-corrected chi connectivity index (χ2v) is 5.95. The number of aliphatic hydroxyl groups excluding tert-OH is 1. The molecule has 0 bridgehead atoms. The molecule has 0 aliphatic carbocycles. The Hall–Kier alpha value is -1.09. The third-order valence-electron chi connectivity index (χ3n) is 2.83. The fraction of sp³-hybridized carbons (Fsp3) is 0.455. The van der Waals surface area contributed by atoms with Crippen molar-refractivity contribution in [3.63, 3.8) is 0 Å². The molecule has 8 heteroatoms. The molecule has 106 valence electrons. The van der Waals surface area contributed by atoms with Crippen LogP contribution < -0.4 is 4.72 Å². The molecule has 0 amide bonds. The predicted octanol–water partition coefficient (Wildman–Crippen LogP) is 0.393. The van der Waals surface area contributed by atoms with Crippen LogP contribution in [-0.2, 0) is 14.8 Å². The highest BCUT2D eigenvalue weighted by molar-refractivity contribution is 7.89. The number of hydrogen-bond acceptors (Lipinski definition) is 4. The molecule has 1 heterocycles. The Labute approximate surface area is 109 Å². The van der Waals surface area contributed by atoms with E-state index >= 15 is 0 Å². The quantitative estimate of drug-likeness (QED) is 0.845. The zero-order chi connectivity index (χ0) is 14.0. The van der Waals surface area contributed by atoms with Gasteiger partial charge in [-0.15, -0.1) is 0 Å². The Kier molecular flexibility index (Phi) is 4.14. The molecule has 2 atom stereocenters. The van der Waals surface area contributed by atoms with Gasteiger partial charge in [0.15, 0.2) is 11.6 Å². The molecule has 0 aromatic heterocycles. The van der Waals surface area contributed by atoms with Crippen molar-refractivity contribution in [3.8, 4) is 0 Å². The first-order chi connectivity index (χ1) is 8.90. The van der Waals surface area contributed by atoms with Crippen LogP contribution in [0.25, 0.3) is 0 Å². The minimum absolute atomic E-state index is 0.0327. The molecule has 1 saturated heterocycles. The molecular formula is C11H13F2NO4S. The summed E-state index contributed by atoms with van der Waals surface area (Å²) in [4.78, 5) is -0.384. The number of rotatable bonds is 3. The topological polar surface area (TPSA) is 75.6 Å². The summed E-state index contributed by atoms with van der Waals surface area (Å²) in [6.07, 6.45) is -0.654. The second-order valence-electron chi connectivity index (χ2n) is 4.23. The van der Waals surface area contributed by atoms with Crippen LogP contribution in [0.15, 0.2) is 23.1 Å². The maximum absolute atomic E-state index is 13.0. The molecule has 2 rings (SSSR count). The molecule has 0 saturated carbocycles. The SMILES string of the molecule is O=S(=O)(N[C@@H]1CCOC[C@H]1O)c1ccc(F)c(F)c1. The van der Waals surface area contributed by atoms with Gasteiger partial charge >= 0.3 is 0 Å². The number of ether oxygens (including phenoxy) is 1. The van der Waals surface area contributed by atoms with E-state index < -0.39 is 33.8 Å². The van der Waals surface area contributed by atoms with E-state index in [1.54, 1.807) is 0 Å². The minimum Gasteiger partial charge on any atom is -0.389 e. The zero-order valence-electron chi connectivity index (χ0n) is 9.84. The molecule has 1 aliphatic heterocycles. The molecule has 1 aromatic carbocycles.